The number of guanidine groups is 1. The standard InChI is InChI=1S/C60H90N18O17/c1-30(2)22-41(54(89)69-32(4)49(84)77-45(28-80)59(94)95)76-58(93)47(34(6)81)78-50(85)33(5)68-52(87)39(18-13-21-66-60(63)64)71-48(83)31(3)70-55(90)42(23-35-14-9-7-10-15-35)74-53(88)40(19-20-46(62)82)72-57(92)44(25-37-26-65-29-67-37)75-56(91)43(73-51(86)38(61)27-79)24-36-16-11-8-12-17-36/h7-12,14-17,26,29-34,38-45,47,79-81H,13,18-25,27-28,61H2,1-6H3,(H2,62,82)(H,65,67)(H,68,87)(H,69,89)(H,70,90)(H,71,83)(H,72,92)(H,73,86)(H,74,88)(H,75,91)(H,76,93)(H,77,84)(H,78,85)(H,94,95)(H4,63,64,66)/t31-,32-,33-,34+,38-,39-,40-,41-,42-,43-,44-,45-,47-/m0/s1. The summed E-state index contributed by atoms with van der Waals surface area (Å²) in [6.07, 6.45) is -0.537. The molecule has 3 rings (SSSR count). The summed E-state index contributed by atoms with van der Waals surface area (Å²) >= 11 is 0. The Bertz CT molecular complexity index is 3100. The Morgan fingerprint density at radius 1 is 0.495 bits per heavy atom. The molecule has 35 heteroatoms. The minimum atomic E-state index is -1.75. The van der Waals surface area contributed by atoms with Crippen molar-refractivity contribution in [2.45, 2.75) is 172 Å². The van der Waals surface area contributed by atoms with Crippen molar-refractivity contribution in [3.8, 4) is 0 Å². The van der Waals surface area contributed by atoms with Crippen LogP contribution in [0.3, 0.4) is 0 Å². The minimum absolute atomic E-state index is 0.0217. The smallest absolute Gasteiger partial charge is 0.328 e. The average Bonchev–Trinajstić information content (AvgIpc) is 1.34. The number of aromatic amines is 1. The van der Waals surface area contributed by atoms with Gasteiger partial charge in [0.1, 0.15) is 72.5 Å². The highest BCUT2D eigenvalue weighted by atomic mass is 16.4. The van der Waals surface area contributed by atoms with Gasteiger partial charge in [-0.15, -0.1) is 0 Å². The largest absolute Gasteiger partial charge is 0.480 e. The van der Waals surface area contributed by atoms with Crippen LogP contribution >= 0.6 is 0 Å². The molecule has 0 saturated carbocycles. The maximum absolute atomic E-state index is 14.5. The van der Waals surface area contributed by atoms with E-state index in [1.807, 2.05) is 0 Å². The number of carbonyl (C=O) groups excluding carboxylic acids is 12. The van der Waals surface area contributed by atoms with Gasteiger partial charge in [0.25, 0.3) is 0 Å². The second-order valence-corrected chi connectivity index (χ2v) is 22.9. The van der Waals surface area contributed by atoms with Crippen LogP contribution in [0.15, 0.2) is 78.2 Å². The highest BCUT2D eigenvalue weighted by Gasteiger charge is 2.37. The third kappa shape index (κ3) is 28.3. The number of hydrogen-bond donors (Lipinski definition) is 20. The number of H-pyrrole nitrogens is 1. The molecule has 0 bridgehead atoms. The van der Waals surface area contributed by atoms with Gasteiger partial charge in [-0.25, -0.2) is 9.78 Å². The molecule has 24 N–H and O–H groups in total. The second kappa shape index (κ2) is 40.1. The molecule has 0 aliphatic heterocycles. The lowest BCUT2D eigenvalue weighted by Gasteiger charge is -2.28. The van der Waals surface area contributed by atoms with E-state index in [0.717, 1.165) is 6.92 Å². The zero-order valence-corrected chi connectivity index (χ0v) is 53.6. The van der Waals surface area contributed by atoms with Crippen molar-refractivity contribution in [2.24, 2.45) is 33.8 Å². The van der Waals surface area contributed by atoms with E-state index >= 15 is 0 Å². The maximum Gasteiger partial charge on any atom is 0.328 e. The van der Waals surface area contributed by atoms with E-state index in [-0.39, 0.29) is 56.9 Å². The number of carboxylic acids is 1. The summed E-state index contributed by atoms with van der Waals surface area (Å²) in [6.45, 7) is 6.54. The molecule has 1 heterocycles. The number of rotatable bonds is 41. The molecule has 13 atom stereocenters. The van der Waals surface area contributed by atoms with Crippen molar-refractivity contribution >= 4 is 82.8 Å². The zero-order chi connectivity index (χ0) is 71.1. The number of benzene rings is 2. The molecule has 0 aliphatic carbocycles. The fourth-order valence-electron chi connectivity index (χ4n) is 9.02. The summed E-state index contributed by atoms with van der Waals surface area (Å²) in [5.41, 5.74) is 23.7. The molecule has 0 aliphatic rings. The topological polar surface area (TPSA) is 580 Å². The molecule has 35 nitrogen and oxygen atoms in total. The number of aliphatic carboxylic acids is 1. The SMILES string of the molecule is CC(C)C[C@H](NC(=O)[C@@H](NC(=O)[C@H](C)NC(=O)[C@H](CCCN=C(N)N)NC(=O)[C@H](C)NC(=O)[C@H](Cc1ccccc1)NC(=O)[C@H](CCC(N)=O)NC(=O)[C@H](Cc1cnc[nH]1)NC(=O)[C@H](Cc1ccccc1)NC(=O)[C@@H](N)CO)[C@@H](C)O)C(=O)N[C@@H](C)C(=O)N[C@@H](CO)C(=O)O. The number of hydrogen-bond acceptors (Lipinski definition) is 19. The number of carbonyl (C=O) groups is 13. The van der Waals surface area contributed by atoms with Crippen molar-refractivity contribution in [1.29, 1.82) is 0 Å². The van der Waals surface area contributed by atoms with E-state index in [9.17, 15) is 82.8 Å². The number of carboxylic acid groups (broad SMARTS) is 1. The number of aromatic nitrogens is 2. The zero-order valence-electron chi connectivity index (χ0n) is 53.6. The average molecular weight is 1340 g/mol. The third-order valence-corrected chi connectivity index (χ3v) is 14.3. The minimum Gasteiger partial charge on any atom is -0.480 e. The van der Waals surface area contributed by atoms with E-state index in [0.29, 0.717) is 16.8 Å². The van der Waals surface area contributed by atoms with Gasteiger partial charge in [-0.05, 0) is 70.4 Å². The first-order chi connectivity index (χ1) is 44.8. The van der Waals surface area contributed by atoms with Crippen LogP contribution < -0.4 is 81.4 Å². The molecule has 3 aromatic rings. The number of nitrogens with one attached hydrogen (secondary N) is 12. The first-order valence-electron chi connectivity index (χ1n) is 30.4. The van der Waals surface area contributed by atoms with Crippen LogP contribution in [-0.4, -0.2) is 212 Å². The Kier molecular flexibility index (Phi) is 33.4. The van der Waals surface area contributed by atoms with Gasteiger partial charge in [0, 0.05) is 44.1 Å². The number of imidazole rings is 1. The first-order valence-corrected chi connectivity index (χ1v) is 30.4. The normalized spacial score (nSPS) is 15.1. The second-order valence-electron chi connectivity index (χ2n) is 22.9. The van der Waals surface area contributed by atoms with Crippen molar-refractivity contribution in [2.75, 3.05) is 19.8 Å². The third-order valence-electron chi connectivity index (χ3n) is 14.3. The van der Waals surface area contributed by atoms with E-state index in [1.165, 1.54) is 33.3 Å². The molecule has 2 aromatic carbocycles. The monoisotopic (exact) mass is 1330 g/mol. The number of aliphatic hydroxyl groups is 3. The highest BCUT2D eigenvalue weighted by Crippen LogP contribution is 2.12. The van der Waals surface area contributed by atoms with E-state index in [2.05, 4.69) is 73.4 Å². The number of aliphatic imine (C=N–C) groups is 1. The van der Waals surface area contributed by atoms with E-state index in [1.54, 1.807) is 74.5 Å². The lowest BCUT2D eigenvalue weighted by atomic mass is 10.0. The summed E-state index contributed by atoms with van der Waals surface area (Å²) in [5.74, 6) is -13.5. The van der Waals surface area contributed by atoms with Crippen LogP contribution in [0.25, 0.3) is 0 Å². The molecular weight excluding hydrogens is 1240 g/mol. The maximum atomic E-state index is 14.5. The van der Waals surface area contributed by atoms with Gasteiger partial charge < -0.3 is 107 Å². The van der Waals surface area contributed by atoms with Gasteiger partial charge in [0.2, 0.25) is 70.9 Å². The quantitative estimate of drug-likeness (QED) is 0.0143. The Hall–Kier alpha value is -10.1. The van der Waals surface area contributed by atoms with Crippen LogP contribution in [0.5, 0.6) is 0 Å². The predicted molar refractivity (Wildman–Crippen MR) is 340 cm³/mol. The molecule has 0 saturated heterocycles. The van der Waals surface area contributed by atoms with Crippen molar-refractivity contribution in [3.63, 3.8) is 0 Å². The molecule has 12 amide bonds. The highest BCUT2D eigenvalue weighted by molar-refractivity contribution is 5.99. The number of nitrogens with zero attached hydrogens (tertiary/aromatic N) is 2. The number of aliphatic hydroxyl groups excluding tert-OH is 3. The summed E-state index contributed by atoms with van der Waals surface area (Å²) in [5, 5.41) is 65.7. The van der Waals surface area contributed by atoms with Crippen LogP contribution in [0, 0.1) is 5.92 Å². The van der Waals surface area contributed by atoms with Gasteiger partial charge in [0.15, 0.2) is 5.96 Å². The summed E-state index contributed by atoms with van der Waals surface area (Å²) in [4.78, 5) is 186. The fraction of sp³-hybridized carbons (Fsp3) is 0.517. The lowest BCUT2D eigenvalue weighted by Crippen LogP contribution is -2.61. The lowest BCUT2D eigenvalue weighted by molar-refractivity contribution is -0.143. The molecule has 0 spiro atoms. The Morgan fingerprint density at radius 2 is 0.905 bits per heavy atom. The van der Waals surface area contributed by atoms with Gasteiger partial charge in [-0.1, -0.05) is 74.5 Å². The molecule has 95 heavy (non-hydrogen) atoms. The number of nitrogens with two attached hydrogens (primary N) is 4. The van der Waals surface area contributed by atoms with Gasteiger partial charge in [-0.3, -0.25) is 62.5 Å². The Morgan fingerprint density at radius 3 is 1.35 bits per heavy atom. The summed E-state index contributed by atoms with van der Waals surface area (Å²) in [6, 6.07) is -1.25. The van der Waals surface area contributed by atoms with Crippen LogP contribution in [-0.2, 0) is 81.6 Å². The molecular formula is C60H90N18O17. The van der Waals surface area contributed by atoms with E-state index in [4.69, 9.17) is 22.9 Å². The van der Waals surface area contributed by atoms with Crippen LogP contribution in [0.1, 0.15) is 90.5 Å². The number of primary amides is 1. The molecule has 1 aromatic heterocycles. The molecule has 0 radical (unpaired) electrons. The fourth-order valence-corrected chi connectivity index (χ4v) is 9.02. The molecule has 0 fully saturated rings. The first kappa shape index (κ1) is 79.1. The summed E-state index contributed by atoms with van der Waals surface area (Å²) < 4.78 is 0. The molecule has 0 unspecified atom stereocenters. The van der Waals surface area contributed by atoms with Crippen molar-refractivity contribution < 1.29 is 82.8 Å². The van der Waals surface area contributed by atoms with Gasteiger partial charge in [0.05, 0.1) is 25.6 Å². The number of amides is 12. The van der Waals surface area contributed by atoms with Gasteiger partial charge in [-0.2, -0.15) is 0 Å². The van der Waals surface area contributed by atoms with Crippen LogP contribution in [0.2, 0.25) is 0 Å². The predicted octanol–water partition coefficient (Wildman–Crippen LogP) is -7.03. The van der Waals surface area contributed by atoms with Crippen molar-refractivity contribution in [3.05, 3.63) is 90.0 Å². The van der Waals surface area contributed by atoms with Gasteiger partial charge >= 0.3 is 5.97 Å². The van der Waals surface area contributed by atoms with Crippen LogP contribution in [0.4, 0.5) is 0 Å². The Balaban J connectivity index is 1.86. The molecule has 522 valence electrons. The Labute approximate surface area is 547 Å². The van der Waals surface area contributed by atoms with E-state index < -0.39 is 182 Å². The van der Waals surface area contributed by atoms with Crippen molar-refractivity contribution in [1.82, 2.24) is 68.5 Å². The summed E-state index contributed by atoms with van der Waals surface area (Å²) in [7, 11) is 0.